The second-order valence-electron chi connectivity index (χ2n) is 9.65. The van der Waals surface area contributed by atoms with Crippen LogP contribution in [0.5, 0.6) is 11.5 Å². The molecule has 2 atom stereocenters. The van der Waals surface area contributed by atoms with Crippen LogP contribution >= 0.6 is 0 Å². The average molecular weight is 535 g/mol. The van der Waals surface area contributed by atoms with E-state index in [4.69, 9.17) is 18.9 Å². The van der Waals surface area contributed by atoms with Crippen molar-refractivity contribution in [2.45, 2.75) is 52.7 Å². The molecule has 40 heavy (non-hydrogen) atoms. The molecule has 0 amide bonds. The van der Waals surface area contributed by atoms with Gasteiger partial charge in [-0.25, -0.2) is 9.59 Å². The third-order valence-electron chi connectivity index (χ3n) is 7.20. The zero-order valence-corrected chi connectivity index (χ0v) is 22.5. The fourth-order valence-corrected chi connectivity index (χ4v) is 4.91. The number of hydrogen-bond donors (Lipinski definition) is 0. The van der Waals surface area contributed by atoms with Gasteiger partial charge in [-0.15, -0.1) is 0 Å². The summed E-state index contributed by atoms with van der Waals surface area (Å²) in [7, 11) is 0. The Labute approximate surface area is 230 Å². The third kappa shape index (κ3) is 4.44. The van der Waals surface area contributed by atoms with E-state index in [9.17, 15) is 20.1 Å². The summed E-state index contributed by atoms with van der Waals surface area (Å²) in [5.74, 6) is 0.429. The summed E-state index contributed by atoms with van der Waals surface area (Å²) >= 11 is 0. The van der Waals surface area contributed by atoms with E-state index in [1.807, 2.05) is 38.1 Å². The number of nitriles is 2. The lowest BCUT2D eigenvalue weighted by molar-refractivity contribution is 0.0637. The largest absolute Gasteiger partial charge is 0.514 e. The van der Waals surface area contributed by atoms with E-state index >= 15 is 0 Å². The second-order valence-corrected chi connectivity index (χ2v) is 9.65. The SMILES string of the molecule is CCC(C)OC(=O)Oc1ccc2c3ccc(OC(=O)OC(C)CC)c4c(C#N)ccc(c5ccc(C#N)c1c52)c43. The van der Waals surface area contributed by atoms with Crippen LogP contribution < -0.4 is 9.47 Å². The van der Waals surface area contributed by atoms with Crippen molar-refractivity contribution >= 4 is 55.4 Å². The average Bonchev–Trinajstić information content (AvgIpc) is 2.96. The van der Waals surface area contributed by atoms with E-state index in [1.54, 1.807) is 38.1 Å². The van der Waals surface area contributed by atoms with Gasteiger partial charge in [0.25, 0.3) is 0 Å². The third-order valence-corrected chi connectivity index (χ3v) is 7.20. The predicted molar refractivity (Wildman–Crippen MR) is 151 cm³/mol. The fraction of sp³-hybridized carbons (Fsp3) is 0.250. The lowest BCUT2D eigenvalue weighted by Gasteiger charge is -2.19. The molecule has 0 heterocycles. The van der Waals surface area contributed by atoms with Crippen molar-refractivity contribution in [1.29, 1.82) is 10.5 Å². The van der Waals surface area contributed by atoms with E-state index < -0.39 is 12.3 Å². The van der Waals surface area contributed by atoms with Gasteiger partial charge in [0.1, 0.15) is 23.7 Å². The normalized spacial score (nSPS) is 12.7. The first kappa shape index (κ1) is 26.5. The predicted octanol–water partition coefficient (Wildman–Crippen LogP) is 8.11. The Bertz CT molecular complexity index is 1720. The molecule has 0 saturated carbocycles. The van der Waals surface area contributed by atoms with Gasteiger partial charge in [0.05, 0.1) is 23.3 Å². The van der Waals surface area contributed by atoms with E-state index in [1.165, 1.54) is 0 Å². The number of carbonyl (C=O) groups is 2. The highest BCUT2D eigenvalue weighted by molar-refractivity contribution is 6.35. The van der Waals surface area contributed by atoms with Gasteiger partial charge in [0.15, 0.2) is 0 Å². The van der Waals surface area contributed by atoms with Crippen LogP contribution in [0.3, 0.4) is 0 Å². The number of benzene rings is 5. The molecular formula is C32H26N2O6. The van der Waals surface area contributed by atoms with Gasteiger partial charge in [-0.1, -0.05) is 26.0 Å². The van der Waals surface area contributed by atoms with Crippen molar-refractivity contribution < 1.29 is 28.5 Å². The summed E-state index contributed by atoms with van der Waals surface area (Å²) in [6.45, 7) is 7.34. The molecule has 0 bridgehead atoms. The monoisotopic (exact) mass is 534 g/mol. The van der Waals surface area contributed by atoms with Crippen LogP contribution in [-0.2, 0) is 9.47 Å². The van der Waals surface area contributed by atoms with Crippen LogP contribution in [-0.4, -0.2) is 24.5 Å². The van der Waals surface area contributed by atoms with Crippen molar-refractivity contribution in [3.05, 3.63) is 59.7 Å². The standard InChI is InChI=1S/C32H26N2O6/c1-5-17(3)37-31(35)39-25-13-11-23-24-12-14-26(40-32(36)38-18(4)6-2)28-20(16-34)8-10-22(30(24)28)21-9-7-19(15-33)27(25)29(21)23/h7-14,17-18H,5-6H2,1-4H3. The van der Waals surface area contributed by atoms with Gasteiger partial charge >= 0.3 is 12.3 Å². The van der Waals surface area contributed by atoms with E-state index in [2.05, 4.69) is 12.1 Å². The fourth-order valence-electron chi connectivity index (χ4n) is 4.91. The molecule has 0 spiro atoms. The quantitative estimate of drug-likeness (QED) is 0.0927. The van der Waals surface area contributed by atoms with Gasteiger partial charge in [-0.05, 0) is 84.6 Å². The first-order chi connectivity index (χ1) is 19.3. The molecule has 8 nitrogen and oxygen atoms in total. The van der Waals surface area contributed by atoms with E-state index in [0.717, 1.165) is 32.3 Å². The van der Waals surface area contributed by atoms with Crippen LogP contribution in [0.25, 0.3) is 43.1 Å². The van der Waals surface area contributed by atoms with Gasteiger partial charge in [0, 0.05) is 21.5 Å². The minimum absolute atomic E-state index is 0.214. The molecule has 0 aromatic heterocycles. The van der Waals surface area contributed by atoms with Gasteiger partial charge in [0.2, 0.25) is 0 Å². The molecule has 0 aliphatic heterocycles. The summed E-state index contributed by atoms with van der Waals surface area (Å²) in [5.41, 5.74) is 0.682. The Balaban J connectivity index is 1.79. The molecule has 0 radical (unpaired) electrons. The highest BCUT2D eigenvalue weighted by Gasteiger charge is 2.23. The molecule has 0 saturated heterocycles. The molecule has 0 N–H and O–H groups in total. The van der Waals surface area contributed by atoms with Crippen LogP contribution in [0.1, 0.15) is 51.7 Å². The maximum absolute atomic E-state index is 12.5. The van der Waals surface area contributed by atoms with E-state index in [-0.39, 0.29) is 23.7 Å². The molecule has 2 unspecified atom stereocenters. The van der Waals surface area contributed by atoms with Crippen molar-refractivity contribution in [1.82, 2.24) is 0 Å². The number of ether oxygens (including phenoxy) is 4. The van der Waals surface area contributed by atoms with Crippen LogP contribution in [0, 0.1) is 22.7 Å². The number of fused-ring (bicyclic) bond motifs is 2. The summed E-state index contributed by atoms with van der Waals surface area (Å²) in [4.78, 5) is 25.0. The molecule has 0 aliphatic carbocycles. The Kier molecular flexibility index (Phi) is 7.02. The zero-order chi connectivity index (χ0) is 28.6. The smallest absolute Gasteiger partial charge is 0.431 e. The van der Waals surface area contributed by atoms with Gasteiger partial charge in [-0.3, -0.25) is 0 Å². The summed E-state index contributed by atoms with van der Waals surface area (Å²) in [6.07, 6.45) is -1.06. The van der Waals surface area contributed by atoms with Crippen LogP contribution in [0.2, 0.25) is 0 Å². The number of carbonyl (C=O) groups excluding carboxylic acids is 2. The molecule has 200 valence electrons. The Morgan fingerprint density at radius 3 is 1.30 bits per heavy atom. The lowest BCUT2D eigenvalue weighted by atomic mass is 9.87. The first-order valence-electron chi connectivity index (χ1n) is 13.1. The minimum atomic E-state index is -0.845. The molecule has 5 rings (SSSR count). The summed E-state index contributed by atoms with van der Waals surface area (Å²) in [5, 5.41) is 25.5. The second kappa shape index (κ2) is 10.6. The first-order valence-corrected chi connectivity index (χ1v) is 13.1. The molecule has 8 heteroatoms. The maximum atomic E-state index is 12.5. The van der Waals surface area contributed by atoms with Crippen molar-refractivity contribution in [2.24, 2.45) is 0 Å². The molecule has 0 fully saturated rings. The highest BCUT2D eigenvalue weighted by atomic mass is 16.7. The van der Waals surface area contributed by atoms with Crippen molar-refractivity contribution in [2.75, 3.05) is 0 Å². The van der Waals surface area contributed by atoms with Crippen LogP contribution in [0.15, 0.2) is 48.5 Å². The Morgan fingerprint density at radius 1 is 0.625 bits per heavy atom. The Hall–Kier alpha value is -5.08. The van der Waals surface area contributed by atoms with Gasteiger partial charge in [-0.2, -0.15) is 10.5 Å². The number of nitrogens with zero attached hydrogens (tertiary/aromatic N) is 2. The maximum Gasteiger partial charge on any atom is 0.514 e. The lowest BCUT2D eigenvalue weighted by Crippen LogP contribution is -2.17. The minimum Gasteiger partial charge on any atom is -0.431 e. The molecule has 5 aromatic rings. The summed E-state index contributed by atoms with van der Waals surface area (Å²) in [6, 6.07) is 18.3. The van der Waals surface area contributed by atoms with Crippen molar-refractivity contribution in [3.8, 4) is 23.6 Å². The molecule has 0 aliphatic rings. The number of rotatable bonds is 6. The van der Waals surface area contributed by atoms with E-state index in [0.29, 0.717) is 34.7 Å². The van der Waals surface area contributed by atoms with Crippen LogP contribution in [0.4, 0.5) is 9.59 Å². The Morgan fingerprint density at radius 2 is 0.975 bits per heavy atom. The summed E-state index contributed by atoms with van der Waals surface area (Å²) < 4.78 is 21.8. The zero-order valence-electron chi connectivity index (χ0n) is 22.5. The highest BCUT2D eigenvalue weighted by Crippen LogP contribution is 2.46. The molecule has 5 aromatic carbocycles. The molecular weight excluding hydrogens is 508 g/mol. The van der Waals surface area contributed by atoms with Crippen molar-refractivity contribution in [3.63, 3.8) is 0 Å². The van der Waals surface area contributed by atoms with Gasteiger partial charge < -0.3 is 18.9 Å². The topological polar surface area (TPSA) is 119 Å². The number of hydrogen-bond acceptors (Lipinski definition) is 8.